The van der Waals surface area contributed by atoms with Crippen LogP contribution < -0.4 is 5.56 Å². The molecule has 31 heavy (non-hydrogen) atoms. The van der Waals surface area contributed by atoms with Gasteiger partial charge in [-0.2, -0.15) is 9.80 Å². The normalized spacial score (nSPS) is 11.5. The van der Waals surface area contributed by atoms with E-state index in [2.05, 4.69) is 20.3 Å². The lowest BCUT2D eigenvalue weighted by Gasteiger charge is -1.97. The summed E-state index contributed by atoms with van der Waals surface area (Å²) in [6.07, 6.45) is 0. The van der Waals surface area contributed by atoms with Crippen molar-refractivity contribution in [2.45, 2.75) is 6.92 Å². The minimum atomic E-state index is -0.293. The first-order valence-electron chi connectivity index (χ1n) is 9.52. The molecule has 0 aliphatic carbocycles. The number of aromatic amines is 1. The van der Waals surface area contributed by atoms with Crippen molar-refractivity contribution >= 4 is 45.1 Å². The second kappa shape index (κ2) is 7.94. The molecule has 0 saturated heterocycles. The van der Waals surface area contributed by atoms with Gasteiger partial charge >= 0.3 is 5.56 Å². The van der Waals surface area contributed by atoms with E-state index < -0.39 is 0 Å². The van der Waals surface area contributed by atoms with Gasteiger partial charge in [-0.3, -0.25) is 9.89 Å². The van der Waals surface area contributed by atoms with E-state index in [1.54, 1.807) is 6.92 Å². The SMILES string of the molecule is Cc1[nH]n(-c2nc(-c3ccc(Cl)cc3)cs2)c(=O)c1N=Nc1ccc2ccccc2c1. The van der Waals surface area contributed by atoms with E-state index >= 15 is 0 Å². The van der Waals surface area contributed by atoms with Crippen LogP contribution in [0.5, 0.6) is 0 Å². The van der Waals surface area contributed by atoms with Crippen LogP contribution in [-0.4, -0.2) is 14.8 Å². The standard InChI is InChI=1S/C23H16ClN5OS/c1-14-21(27-26-19-11-8-15-4-2-3-5-17(15)12-19)22(30)29(28-14)23-25-20(13-31-23)16-6-9-18(24)10-7-16/h2-13,28H,1H3. The van der Waals surface area contributed by atoms with Gasteiger partial charge < -0.3 is 0 Å². The summed E-state index contributed by atoms with van der Waals surface area (Å²) in [4.78, 5) is 17.5. The molecule has 2 aromatic heterocycles. The number of azo groups is 1. The number of hydrogen-bond acceptors (Lipinski definition) is 5. The van der Waals surface area contributed by atoms with Gasteiger partial charge in [0.2, 0.25) is 5.13 Å². The minimum absolute atomic E-state index is 0.261. The van der Waals surface area contributed by atoms with Crippen LogP contribution in [0, 0.1) is 6.92 Å². The van der Waals surface area contributed by atoms with Gasteiger partial charge in [0, 0.05) is 16.0 Å². The summed E-state index contributed by atoms with van der Waals surface area (Å²) in [5.74, 6) is 0. The molecule has 8 heteroatoms. The van der Waals surface area contributed by atoms with Gasteiger partial charge in [-0.05, 0) is 42.0 Å². The van der Waals surface area contributed by atoms with Gasteiger partial charge in [0.25, 0.3) is 0 Å². The fourth-order valence-electron chi connectivity index (χ4n) is 3.26. The average molecular weight is 446 g/mol. The van der Waals surface area contributed by atoms with Gasteiger partial charge in [-0.15, -0.1) is 16.5 Å². The highest BCUT2D eigenvalue weighted by atomic mass is 35.5. The zero-order chi connectivity index (χ0) is 21.4. The molecule has 0 fully saturated rings. The molecule has 2 heterocycles. The number of benzene rings is 3. The third-order valence-electron chi connectivity index (χ3n) is 4.86. The summed E-state index contributed by atoms with van der Waals surface area (Å²) in [6, 6.07) is 21.3. The fourth-order valence-corrected chi connectivity index (χ4v) is 4.17. The molecule has 152 valence electrons. The molecule has 0 atom stereocenters. The molecule has 0 amide bonds. The Morgan fingerprint density at radius 3 is 2.58 bits per heavy atom. The molecule has 5 rings (SSSR count). The van der Waals surface area contributed by atoms with E-state index in [1.165, 1.54) is 16.0 Å². The number of rotatable bonds is 4. The highest BCUT2D eigenvalue weighted by molar-refractivity contribution is 7.12. The van der Waals surface area contributed by atoms with Crippen LogP contribution in [0.3, 0.4) is 0 Å². The molecule has 0 unspecified atom stereocenters. The second-order valence-electron chi connectivity index (χ2n) is 6.98. The largest absolute Gasteiger partial charge is 0.301 e. The fraction of sp³-hybridized carbons (Fsp3) is 0.0435. The highest BCUT2D eigenvalue weighted by Gasteiger charge is 2.15. The van der Waals surface area contributed by atoms with E-state index in [1.807, 2.05) is 72.1 Å². The highest BCUT2D eigenvalue weighted by Crippen LogP contribution is 2.26. The maximum atomic E-state index is 12.9. The Morgan fingerprint density at radius 2 is 1.77 bits per heavy atom. The summed E-state index contributed by atoms with van der Waals surface area (Å²) in [6.45, 7) is 1.79. The number of aryl methyl sites for hydroxylation is 1. The van der Waals surface area contributed by atoms with Crippen LogP contribution in [-0.2, 0) is 0 Å². The summed E-state index contributed by atoms with van der Waals surface area (Å²) in [5.41, 5.74) is 2.98. The van der Waals surface area contributed by atoms with E-state index in [9.17, 15) is 4.79 Å². The Balaban J connectivity index is 1.46. The Morgan fingerprint density at radius 1 is 1.00 bits per heavy atom. The summed E-state index contributed by atoms with van der Waals surface area (Å²) in [5, 5.41) is 16.8. The van der Waals surface area contributed by atoms with Crippen molar-refractivity contribution in [2.24, 2.45) is 10.2 Å². The first-order valence-corrected chi connectivity index (χ1v) is 10.8. The van der Waals surface area contributed by atoms with Gasteiger partial charge in [0.15, 0.2) is 5.69 Å². The second-order valence-corrected chi connectivity index (χ2v) is 8.25. The van der Waals surface area contributed by atoms with Crippen LogP contribution in [0.4, 0.5) is 11.4 Å². The van der Waals surface area contributed by atoms with Gasteiger partial charge in [-0.1, -0.05) is 54.1 Å². The summed E-state index contributed by atoms with van der Waals surface area (Å²) in [7, 11) is 0. The molecule has 0 radical (unpaired) electrons. The molecule has 0 spiro atoms. The van der Waals surface area contributed by atoms with Crippen LogP contribution >= 0.6 is 22.9 Å². The number of H-pyrrole nitrogens is 1. The molecular weight excluding hydrogens is 430 g/mol. The number of halogens is 1. The number of hydrogen-bond donors (Lipinski definition) is 1. The Hall–Kier alpha value is -3.55. The zero-order valence-electron chi connectivity index (χ0n) is 16.4. The Bertz CT molecular complexity index is 1480. The van der Waals surface area contributed by atoms with Crippen LogP contribution in [0.15, 0.2) is 87.1 Å². The van der Waals surface area contributed by atoms with Crippen LogP contribution in [0.25, 0.3) is 27.2 Å². The van der Waals surface area contributed by atoms with Gasteiger partial charge in [-0.25, -0.2) is 4.98 Å². The smallest absolute Gasteiger partial charge is 0.291 e. The first-order chi connectivity index (χ1) is 15.1. The van der Waals surface area contributed by atoms with Crippen molar-refractivity contribution in [1.29, 1.82) is 0 Å². The predicted octanol–water partition coefficient (Wildman–Crippen LogP) is 6.82. The summed E-state index contributed by atoms with van der Waals surface area (Å²) < 4.78 is 1.40. The topological polar surface area (TPSA) is 75.4 Å². The zero-order valence-corrected chi connectivity index (χ0v) is 18.0. The van der Waals surface area contributed by atoms with Crippen molar-refractivity contribution in [3.8, 4) is 16.4 Å². The molecule has 0 saturated carbocycles. The van der Waals surface area contributed by atoms with E-state index in [0.717, 1.165) is 22.0 Å². The maximum absolute atomic E-state index is 12.9. The van der Waals surface area contributed by atoms with Gasteiger partial charge in [0.05, 0.1) is 17.1 Å². The van der Waals surface area contributed by atoms with E-state index in [-0.39, 0.29) is 11.2 Å². The lowest BCUT2D eigenvalue weighted by molar-refractivity contribution is 0.827. The van der Waals surface area contributed by atoms with Gasteiger partial charge in [0.1, 0.15) is 0 Å². The Kier molecular flexibility index (Phi) is 4.97. The molecule has 6 nitrogen and oxygen atoms in total. The Labute approximate surface area is 186 Å². The van der Waals surface area contributed by atoms with Crippen molar-refractivity contribution < 1.29 is 0 Å². The monoisotopic (exact) mass is 445 g/mol. The van der Waals surface area contributed by atoms with Crippen molar-refractivity contribution in [2.75, 3.05) is 0 Å². The third-order valence-corrected chi connectivity index (χ3v) is 5.94. The van der Waals surface area contributed by atoms with E-state index in [4.69, 9.17) is 11.6 Å². The number of thiazole rings is 1. The predicted molar refractivity (Wildman–Crippen MR) is 125 cm³/mol. The molecule has 0 bridgehead atoms. The number of fused-ring (bicyclic) bond motifs is 1. The van der Waals surface area contributed by atoms with Crippen molar-refractivity contribution in [3.05, 3.63) is 93.2 Å². The average Bonchev–Trinajstić information content (AvgIpc) is 3.37. The third kappa shape index (κ3) is 3.81. The number of aromatic nitrogens is 3. The summed E-state index contributed by atoms with van der Waals surface area (Å²) >= 11 is 7.33. The molecule has 0 aliphatic rings. The minimum Gasteiger partial charge on any atom is -0.291 e. The number of nitrogens with zero attached hydrogens (tertiary/aromatic N) is 4. The van der Waals surface area contributed by atoms with Crippen LogP contribution in [0.2, 0.25) is 5.02 Å². The van der Waals surface area contributed by atoms with Crippen molar-refractivity contribution in [1.82, 2.24) is 14.8 Å². The van der Waals surface area contributed by atoms with E-state index in [0.29, 0.717) is 21.5 Å². The lowest BCUT2D eigenvalue weighted by Crippen LogP contribution is -2.13. The molecule has 5 aromatic rings. The molecule has 3 aromatic carbocycles. The molecular formula is C23H16ClN5OS. The maximum Gasteiger partial charge on any atom is 0.301 e. The lowest BCUT2D eigenvalue weighted by atomic mass is 10.1. The van der Waals surface area contributed by atoms with Crippen LogP contribution in [0.1, 0.15) is 5.69 Å². The molecule has 1 N–H and O–H groups in total. The quantitative estimate of drug-likeness (QED) is 0.308. The van der Waals surface area contributed by atoms with Crippen molar-refractivity contribution in [3.63, 3.8) is 0 Å². The molecule has 0 aliphatic heterocycles. The first kappa shape index (κ1) is 19.4. The number of nitrogens with one attached hydrogen (secondary N) is 1.